The van der Waals surface area contributed by atoms with Gasteiger partial charge < -0.3 is 10.2 Å². The van der Waals surface area contributed by atoms with Gasteiger partial charge in [-0.3, -0.25) is 0 Å². The highest BCUT2D eigenvalue weighted by atomic mass is 32.2. The third kappa shape index (κ3) is 4.99. The van der Waals surface area contributed by atoms with Gasteiger partial charge in [0.05, 0.1) is 21.8 Å². The third-order valence-electron chi connectivity index (χ3n) is 5.97. The number of benzene rings is 2. The molecule has 8 heteroatoms. The summed E-state index contributed by atoms with van der Waals surface area (Å²) in [7, 11) is -3.26. The van der Waals surface area contributed by atoms with Gasteiger partial charge in [0.25, 0.3) is 0 Å². The molecule has 0 amide bonds. The summed E-state index contributed by atoms with van der Waals surface area (Å²) in [5.41, 5.74) is 6.43. The van der Waals surface area contributed by atoms with E-state index in [9.17, 15) is 13.7 Å². The Hall–Kier alpha value is -3.44. The first-order valence-electron chi connectivity index (χ1n) is 10.9. The minimum atomic E-state index is -3.26. The van der Waals surface area contributed by atoms with Crippen molar-refractivity contribution >= 4 is 21.3 Å². The SMILES string of the molecule is Cc1ccc(N2CCc3ncnc(NCCc4ccc(C)c(S(C)(=O)=O)c4)c3C2)c(C#N)c1. The van der Waals surface area contributed by atoms with Crippen LogP contribution in [0.5, 0.6) is 0 Å². The maximum atomic E-state index is 12.0. The quantitative estimate of drug-likeness (QED) is 0.599. The van der Waals surface area contributed by atoms with E-state index in [1.165, 1.54) is 6.26 Å². The van der Waals surface area contributed by atoms with E-state index < -0.39 is 9.84 Å². The number of nitriles is 1. The van der Waals surface area contributed by atoms with Crippen LogP contribution in [0.2, 0.25) is 0 Å². The van der Waals surface area contributed by atoms with E-state index in [2.05, 4.69) is 26.3 Å². The second kappa shape index (κ2) is 9.20. The lowest BCUT2D eigenvalue weighted by atomic mass is 10.0. The number of rotatable bonds is 6. The van der Waals surface area contributed by atoms with Crippen molar-refractivity contribution in [1.29, 1.82) is 5.26 Å². The molecule has 7 nitrogen and oxygen atoms in total. The molecule has 0 bridgehead atoms. The number of nitrogens with one attached hydrogen (secondary N) is 1. The lowest BCUT2D eigenvalue weighted by molar-refractivity contribution is 0.601. The standard InChI is InChI=1S/C25H27N5O2S/c1-17-4-7-23(20(12-17)14-26)30-11-9-22-21(15-30)25(29-16-28-22)27-10-8-19-6-5-18(2)24(13-19)33(3,31)32/h4-7,12-13,16H,8-11,15H2,1-3H3,(H,27,28,29). The van der Waals surface area contributed by atoms with Crippen molar-refractivity contribution < 1.29 is 8.42 Å². The van der Waals surface area contributed by atoms with E-state index in [-0.39, 0.29) is 0 Å². The summed E-state index contributed by atoms with van der Waals surface area (Å²) in [6.45, 7) is 5.82. The minimum absolute atomic E-state index is 0.376. The van der Waals surface area contributed by atoms with E-state index in [0.717, 1.165) is 52.4 Å². The fourth-order valence-corrected chi connectivity index (χ4v) is 5.26. The number of sulfone groups is 1. The molecule has 0 unspecified atom stereocenters. The first-order chi connectivity index (χ1) is 15.8. The number of anilines is 2. The Morgan fingerprint density at radius 2 is 1.97 bits per heavy atom. The van der Waals surface area contributed by atoms with Gasteiger partial charge in [0.15, 0.2) is 9.84 Å². The van der Waals surface area contributed by atoms with E-state index in [0.29, 0.717) is 30.0 Å². The molecule has 1 aliphatic heterocycles. The molecule has 33 heavy (non-hydrogen) atoms. The molecule has 2 aromatic carbocycles. The molecule has 0 atom stereocenters. The van der Waals surface area contributed by atoms with Crippen molar-refractivity contribution in [3.63, 3.8) is 0 Å². The van der Waals surface area contributed by atoms with Crippen LogP contribution >= 0.6 is 0 Å². The predicted octanol–water partition coefficient (Wildman–Crippen LogP) is 3.59. The van der Waals surface area contributed by atoms with E-state index >= 15 is 0 Å². The average Bonchev–Trinajstić information content (AvgIpc) is 2.79. The van der Waals surface area contributed by atoms with Crippen molar-refractivity contribution in [2.75, 3.05) is 29.6 Å². The molecule has 1 aromatic heterocycles. The molecule has 0 spiro atoms. The zero-order valence-electron chi connectivity index (χ0n) is 19.1. The van der Waals surface area contributed by atoms with Gasteiger partial charge in [-0.2, -0.15) is 5.26 Å². The summed E-state index contributed by atoms with van der Waals surface area (Å²) in [6, 6.07) is 13.8. The Kier molecular flexibility index (Phi) is 6.34. The monoisotopic (exact) mass is 461 g/mol. The van der Waals surface area contributed by atoms with Crippen LogP contribution in [0.15, 0.2) is 47.6 Å². The number of hydrogen-bond acceptors (Lipinski definition) is 7. The maximum Gasteiger partial charge on any atom is 0.175 e. The molecule has 0 radical (unpaired) electrons. The van der Waals surface area contributed by atoms with Crippen LogP contribution in [0.1, 0.15) is 33.5 Å². The molecular weight excluding hydrogens is 434 g/mol. The number of aryl methyl sites for hydroxylation is 2. The summed E-state index contributed by atoms with van der Waals surface area (Å²) in [4.78, 5) is 11.5. The number of aromatic nitrogens is 2. The maximum absolute atomic E-state index is 12.0. The van der Waals surface area contributed by atoms with Gasteiger partial charge >= 0.3 is 0 Å². The molecule has 3 aromatic rings. The Morgan fingerprint density at radius 1 is 1.15 bits per heavy atom. The zero-order chi connectivity index (χ0) is 23.6. The molecule has 4 rings (SSSR count). The average molecular weight is 462 g/mol. The Morgan fingerprint density at radius 3 is 2.73 bits per heavy atom. The molecule has 1 aliphatic rings. The predicted molar refractivity (Wildman–Crippen MR) is 129 cm³/mol. The summed E-state index contributed by atoms with van der Waals surface area (Å²) in [6.07, 6.45) is 4.27. The second-order valence-electron chi connectivity index (χ2n) is 8.50. The van der Waals surface area contributed by atoms with Gasteiger partial charge in [-0.25, -0.2) is 18.4 Å². The fraction of sp³-hybridized carbons (Fsp3) is 0.320. The summed E-state index contributed by atoms with van der Waals surface area (Å²) >= 11 is 0. The molecule has 0 fully saturated rings. The van der Waals surface area contributed by atoms with Crippen molar-refractivity contribution in [2.24, 2.45) is 0 Å². The smallest absolute Gasteiger partial charge is 0.175 e. The van der Waals surface area contributed by atoms with Gasteiger partial charge in [0.2, 0.25) is 0 Å². The van der Waals surface area contributed by atoms with Gasteiger partial charge in [0.1, 0.15) is 18.2 Å². The molecule has 0 aliphatic carbocycles. The highest BCUT2D eigenvalue weighted by molar-refractivity contribution is 7.90. The normalized spacial score (nSPS) is 13.3. The van der Waals surface area contributed by atoms with Gasteiger partial charge in [-0.05, 0) is 55.2 Å². The van der Waals surface area contributed by atoms with Crippen LogP contribution in [-0.2, 0) is 29.2 Å². The largest absolute Gasteiger partial charge is 0.369 e. The van der Waals surface area contributed by atoms with Crippen molar-refractivity contribution in [1.82, 2.24) is 9.97 Å². The molecule has 1 N–H and O–H groups in total. The van der Waals surface area contributed by atoms with Crippen molar-refractivity contribution in [2.45, 2.75) is 38.1 Å². The van der Waals surface area contributed by atoms with Crippen LogP contribution in [0.25, 0.3) is 0 Å². The molecule has 0 saturated carbocycles. The Labute approximate surface area is 195 Å². The van der Waals surface area contributed by atoms with Gasteiger partial charge in [-0.1, -0.05) is 18.2 Å². The molecule has 0 saturated heterocycles. The number of nitrogens with zero attached hydrogens (tertiary/aromatic N) is 4. The minimum Gasteiger partial charge on any atom is -0.369 e. The van der Waals surface area contributed by atoms with Crippen LogP contribution in [0.4, 0.5) is 11.5 Å². The Balaban J connectivity index is 1.51. The first-order valence-corrected chi connectivity index (χ1v) is 12.8. The Bertz CT molecular complexity index is 1350. The summed E-state index contributed by atoms with van der Waals surface area (Å²) in [5.74, 6) is 0.783. The second-order valence-corrected chi connectivity index (χ2v) is 10.5. The van der Waals surface area contributed by atoms with Crippen molar-refractivity contribution in [3.8, 4) is 6.07 Å². The third-order valence-corrected chi connectivity index (χ3v) is 7.21. The van der Waals surface area contributed by atoms with Gasteiger partial charge in [0, 0.05) is 37.9 Å². The van der Waals surface area contributed by atoms with Crippen LogP contribution in [-0.4, -0.2) is 37.7 Å². The highest BCUT2D eigenvalue weighted by Gasteiger charge is 2.23. The lowest BCUT2D eigenvalue weighted by Gasteiger charge is -2.31. The fourth-order valence-electron chi connectivity index (χ4n) is 4.24. The van der Waals surface area contributed by atoms with E-state index in [4.69, 9.17) is 0 Å². The molecule has 2 heterocycles. The molecule has 170 valence electrons. The van der Waals surface area contributed by atoms with Gasteiger partial charge in [-0.15, -0.1) is 0 Å². The number of hydrogen-bond donors (Lipinski definition) is 1. The lowest BCUT2D eigenvalue weighted by Crippen LogP contribution is -2.32. The first kappa shape index (κ1) is 22.7. The van der Waals surface area contributed by atoms with Crippen LogP contribution in [0.3, 0.4) is 0 Å². The van der Waals surface area contributed by atoms with E-state index in [1.807, 2.05) is 44.2 Å². The highest BCUT2D eigenvalue weighted by Crippen LogP contribution is 2.29. The zero-order valence-corrected chi connectivity index (χ0v) is 19.9. The van der Waals surface area contributed by atoms with E-state index in [1.54, 1.807) is 12.4 Å². The number of fused-ring (bicyclic) bond motifs is 1. The summed E-state index contributed by atoms with van der Waals surface area (Å²) < 4.78 is 24.0. The van der Waals surface area contributed by atoms with Crippen LogP contribution in [0, 0.1) is 25.2 Å². The summed E-state index contributed by atoms with van der Waals surface area (Å²) in [5, 5.41) is 13.0. The molecular formula is C25H27N5O2S. The topological polar surface area (TPSA) is 99.0 Å². The van der Waals surface area contributed by atoms with Crippen LogP contribution < -0.4 is 10.2 Å². The van der Waals surface area contributed by atoms with Crippen molar-refractivity contribution in [3.05, 3.63) is 76.2 Å².